The molecule has 0 aliphatic heterocycles. The molecule has 3 rings (SSSR count). The molecule has 0 bridgehead atoms. The van der Waals surface area contributed by atoms with Crippen LogP contribution in [0.15, 0.2) is 54.7 Å². The Bertz CT molecular complexity index is 902. The lowest BCUT2D eigenvalue weighted by Gasteiger charge is -2.18. The van der Waals surface area contributed by atoms with Crippen LogP contribution in [0, 0.1) is 0 Å². The van der Waals surface area contributed by atoms with Gasteiger partial charge in [0.15, 0.2) is 5.82 Å². The van der Waals surface area contributed by atoms with Crippen molar-refractivity contribution < 1.29 is 13.2 Å². The van der Waals surface area contributed by atoms with Gasteiger partial charge < -0.3 is 10.2 Å². The van der Waals surface area contributed by atoms with Gasteiger partial charge in [0.25, 0.3) is 0 Å². The van der Waals surface area contributed by atoms with Gasteiger partial charge in [0.1, 0.15) is 0 Å². The van der Waals surface area contributed by atoms with E-state index in [1.165, 1.54) is 12.3 Å². The molecule has 0 spiro atoms. The van der Waals surface area contributed by atoms with Gasteiger partial charge in [-0.1, -0.05) is 29.8 Å². The van der Waals surface area contributed by atoms with Gasteiger partial charge >= 0.3 is 6.18 Å². The Kier molecular flexibility index (Phi) is 4.94. The molecule has 3 aromatic rings. The van der Waals surface area contributed by atoms with Crippen LogP contribution < -0.4 is 10.2 Å². The molecule has 0 radical (unpaired) electrons. The van der Waals surface area contributed by atoms with Crippen LogP contribution in [-0.4, -0.2) is 22.2 Å². The summed E-state index contributed by atoms with van der Waals surface area (Å²) in [5.74, 6) is 0.503. The number of hydrogen-bond acceptors (Lipinski definition) is 5. The molecule has 0 aliphatic rings. The van der Waals surface area contributed by atoms with Gasteiger partial charge in [-0.15, -0.1) is 5.10 Å². The minimum Gasteiger partial charge on any atom is -0.328 e. The maximum Gasteiger partial charge on any atom is 0.416 e. The van der Waals surface area contributed by atoms with Crippen molar-refractivity contribution in [1.29, 1.82) is 0 Å². The van der Waals surface area contributed by atoms with Crippen molar-refractivity contribution >= 4 is 34.7 Å². The molecule has 0 amide bonds. The van der Waals surface area contributed by atoms with Crippen LogP contribution in [-0.2, 0) is 6.18 Å². The highest BCUT2D eigenvalue weighted by molar-refractivity contribution is 6.33. The largest absolute Gasteiger partial charge is 0.416 e. The molecule has 0 unspecified atom stereocenters. The number of rotatable bonds is 4. The summed E-state index contributed by atoms with van der Waals surface area (Å²) in [6.45, 7) is 0. The summed E-state index contributed by atoms with van der Waals surface area (Å²) in [5, 5.41) is 10.5. The smallest absolute Gasteiger partial charge is 0.328 e. The first-order valence-corrected chi connectivity index (χ1v) is 7.84. The molecular weight excluding hydrogens is 367 g/mol. The van der Waals surface area contributed by atoms with Crippen molar-refractivity contribution in [3.63, 3.8) is 0 Å². The summed E-state index contributed by atoms with van der Waals surface area (Å²) in [4.78, 5) is 6.05. The van der Waals surface area contributed by atoms with Crippen LogP contribution in [0.4, 0.5) is 36.3 Å². The van der Waals surface area contributed by atoms with Crippen LogP contribution in [0.5, 0.6) is 0 Å². The van der Waals surface area contributed by atoms with Crippen molar-refractivity contribution in [3.05, 3.63) is 65.3 Å². The molecule has 1 aromatic heterocycles. The Balaban J connectivity index is 1.88. The SMILES string of the molecule is CN(c1ccccc1)c1cnnc(Nc2cc(C(F)(F)F)ccc2Cl)n1. The van der Waals surface area contributed by atoms with E-state index < -0.39 is 11.7 Å². The van der Waals surface area contributed by atoms with Crippen molar-refractivity contribution in [2.24, 2.45) is 0 Å². The van der Waals surface area contributed by atoms with Crippen molar-refractivity contribution in [2.45, 2.75) is 6.18 Å². The van der Waals surface area contributed by atoms with E-state index in [0.717, 1.165) is 17.8 Å². The molecule has 0 atom stereocenters. The van der Waals surface area contributed by atoms with E-state index in [4.69, 9.17) is 11.6 Å². The topological polar surface area (TPSA) is 53.9 Å². The second-order valence-corrected chi connectivity index (χ2v) is 5.76. The molecular formula is C17H13ClF3N5. The summed E-state index contributed by atoms with van der Waals surface area (Å²) in [7, 11) is 1.79. The second kappa shape index (κ2) is 7.17. The monoisotopic (exact) mass is 379 g/mol. The lowest BCUT2D eigenvalue weighted by atomic mass is 10.2. The first-order chi connectivity index (χ1) is 12.3. The van der Waals surface area contributed by atoms with E-state index >= 15 is 0 Å². The highest BCUT2D eigenvalue weighted by Gasteiger charge is 2.31. The first kappa shape index (κ1) is 17.9. The lowest BCUT2D eigenvalue weighted by molar-refractivity contribution is -0.137. The van der Waals surface area contributed by atoms with Crippen LogP contribution >= 0.6 is 11.6 Å². The second-order valence-electron chi connectivity index (χ2n) is 5.35. The standard InChI is InChI=1S/C17H13ClF3N5/c1-26(12-5-3-2-4-6-12)15-10-22-25-16(24-15)23-14-9-11(17(19,20)21)7-8-13(14)18/h2-10H,1H3,(H,23,24,25). The number of alkyl halides is 3. The number of anilines is 4. The van der Waals surface area contributed by atoms with Gasteiger partial charge in [-0.05, 0) is 30.3 Å². The zero-order chi connectivity index (χ0) is 18.7. The van der Waals surface area contributed by atoms with Crippen molar-refractivity contribution in [1.82, 2.24) is 15.2 Å². The quantitative estimate of drug-likeness (QED) is 0.687. The first-order valence-electron chi connectivity index (χ1n) is 7.47. The highest BCUT2D eigenvalue weighted by Crippen LogP contribution is 2.34. The molecule has 134 valence electrons. The van der Waals surface area contributed by atoms with E-state index in [2.05, 4.69) is 20.5 Å². The van der Waals surface area contributed by atoms with Crippen LogP contribution in [0.1, 0.15) is 5.56 Å². The summed E-state index contributed by atoms with van der Waals surface area (Å²) >= 11 is 5.98. The number of nitrogens with zero attached hydrogens (tertiary/aromatic N) is 4. The Hall–Kier alpha value is -2.87. The van der Waals surface area contributed by atoms with Gasteiger partial charge in [0.2, 0.25) is 5.95 Å². The fourth-order valence-corrected chi connectivity index (χ4v) is 2.38. The molecule has 26 heavy (non-hydrogen) atoms. The Morgan fingerprint density at radius 3 is 2.50 bits per heavy atom. The summed E-state index contributed by atoms with van der Waals surface area (Å²) < 4.78 is 38.6. The maximum atomic E-state index is 12.9. The Labute approximate surface area is 152 Å². The van der Waals surface area contributed by atoms with Crippen LogP contribution in [0.2, 0.25) is 5.02 Å². The van der Waals surface area contributed by atoms with Crippen molar-refractivity contribution in [2.75, 3.05) is 17.3 Å². The predicted octanol–water partition coefficient (Wildman–Crippen LogP) is 5.06. The summed E-state index contributed by atoms with van der Waals surface area (Å²) in [5.41, 5.74) is 0.0915. The molecule has 2 aromatic carbocycles. The zero-order valence-corrected chi connectivity index (χ0v) is 14.3. The predicted molar refractivity (Wildman–Crippen MR) is 94.1 cm³/mol. The van der Waals surface area contributed by atoms with Gasteiger partial charge in [-0.2, -0.15) is 23.3 Å². The average Bonchev–Trinajstić information content (AvgIpc) is 2.63. The molecule has 0 aliphatic carbocycles. The van der Waals surface area contributed by atoms with Gasteiger partial charge in [0, 0.05) is 12.7 Å². The van der Waals surface area contributed by atoms with E-state index in [-0.39, 0.29) is 16.7 Å². The minimum absolute atomic E-state index is 0.0338. The third kappa shape index (κ3) is 4.02. The fraction of sp³-hybridized carbons (Fsp3) is 0.118. The number of halogens is 4. The number of para-hydroxylation sites is 1. The summed E-state index contributed by atoms with van der Waals surface area (Å²) in [6.07, 6.45) is -3.03. The molecule has 9 heteroatoms. The lowest BCUT2D eigenvalue weighted by Crippen LogP contribution is -2.13. The molecule has 5 nitrogen and oxygen atoms in total. The van der Waals surface area contributed by atoms with E-state index in [0.29, 0.717) is 5.82 Å². The van der Waals surface area contributed by atoms with E-state index in [9.17, 15) is 13.2 Å². The number of nitrogens with one attached hydrogen (secondary N) is 1. The van der Waals surface area contributed by atoms with Gasteiger partial charge in [-0.3, -0.25) is 0 Å². The molecule has 1 heterocycles. The normalized spacial score (nSPS) is 11.3. The van der Waals surface area contributed by atoms with E-state index in [1.54, 1.807) is 11.9 Å². The maximum absolute atomic E-state index is 12.9. The van der Waals surface area contributed by atoms with Crippen LogP contribution in [0.25, 0.3) is 0 Å². The molecule has 0 saturated heterocycles. The van der Waals surface area contributed by atoms with E-state index in [1.807, 2.05) is 30.3 Å². The Morgan fingerprint density at radius 2 is 1.81 bits per heavy atom. The van der Waals surface area contributed by atoms with Crippen molar-refractivity contribution in [3.8, 4) is 0 Å². The third-order valence-electron chi connectivity index (χ3n) is 3.57. The van der Waals surface area contributed by atoms with Gasteiger partial charge in [-0.25, -0.2) is 0 Å². The highest BCUT2D eigenvalue weighted by atomic mass is 35.5. The van der Waals surface area contributed by atoms with Gasteiger partial charge in [0.05, 0.1) is 22.5 Å². The average molecular weight is 380 g/mol. The minimum atomic E-state index is -4.48. The Morgan fingerprint density at radius 1 is 1.08 bits per heavy atom. The molecule has 0 fully saturated rings. The fourth-order valence-electron chi connectivity index (χ4n) is 2.21. The number of hydrogen-bond donors (Lipinski definition) is 1. The number of aromatic nitrogens is 3. The third-order valence-corrected chi connectivity index (χ3v) is 3.90. The van der Waals surface area contributed by atoms with Crippen LogP contribution in [0.3, 0.4) is 0 Å². The molecule has 1 N–H and O–H groups in total. The zero-order valence-electron chi connectivity index (χ0n) is 13.5. The number of benzene rings is 2. The molecule has 0 saturated carbocycles. The summed E-state index contributed by atoms with van der Waals surface area (Å²) in [6, 6.07) is 12.4.